The van der Waals surface area contributed by atoms with E-state index in [1.165, 1.54) is 17.0 Å². The molecule has 1 aromatic heterocycles. The van der Waals surface area contributed by atoms with Gasteiger partial charge in [-0.25, -0.2) is 4.39 Å². The van der Waals surface area contributed by atoms with Crippen LogP contribution in [0.2, 0.25) is 5.15 Å². The Balaban J connectivity index is 2.09. The maximum absolute atomic E-state index is 13.1. The quantitative estimate of drug-likeness (QED) is 0.667. The smallest absolute Gasteiger partial charge is 0.159 e. The zero-order chi connectivity index (χ0) is 14.8. The lowest BCUT2D eigenvalue weighted by molar-refractivity contribution is 0.628. The van der Waals surface area contributed by atoms with Crippen molar-refractivity contribution >= 4 is 23.4 Å². The van der Waals surface area contributed by atoms with Gasteiger partial charge in [-0.3, -0.25) is 5.10 Å². The van der Waals surface area contributed by atoms with Crippen LogP contribution in [0.5, 0.6) is 0 Å². The van der Waals surface area contributed by atoms with Crippen LogP contribution in [0.1, 0.15) is 0 Å². The molecule has 1 heterocycles. The van der Waals surface area contributed by atoms with Crippen LogP contribution in [-0.2, 0) is 0 Å². The SMILES string of the molecule is CSc1ccc(-c2[nH]nc(Cl)c2-c2ccc(F)cc2)cc1. The second-order valence-corrected chi connectivity index (χ2v) is 5.74. The molecule has 0 bridgehead atoms. The van der Waals surface area contributed by atoms with E-state index in [0.717, 1.165) is 22.4 Å². The fraction of sp³-hybridized carbons (Fsp3) is 0.0625. The van der Waals surface area contributed by atoms with Gasteiger partial charge >= 0.3 is 0 Å². The highest BCUT2D eigenvalue weighted by atomic mass is 35.5. The molecule has 106 valence electrons. The summed E-state index contributed by atoms with van der Waals surface area (Å²) in [4.78, 5) is 1.19. The van der Waals surface area contributed by atoms with Crippen LogP contribution in [0.25, 0.3) is 22.4 Å². The van der Waals surface area contributed by atoms with Gasteiger partial charge in [-0.15, -0.1) is 11.8 Å². The minimum atomic E-state index is -0.274. The van der Waals surface area contributed by atoms with Crippen molar-refractivity contribution in [2.45, 2.75) is 4.90 Å². The Hall–Kier alpha value is -1.78. The van der Waals surface area contributed by atoms with E-state index in [9.17, 15) is 4.39 Å². The lowest BCUT2D eigenvalue weighted by atomic mass is 10.0. The predicted molar refractivity (Wildman–Crippen MR) is 86.2 cm³/mol. The van der Waals surface area contributed by atoms with Crippen molar-refractivity contribution in [1.82, 2.24) is 10.2 Å². The first kappa shape index (κ1) is 14.2. The Morgan fingerprint density at radius 2 is 1.62 bits per heavy atom. The fourth-order valence-electron chi connectivity index (χ4n) is 2.17. The second kappa shape index (κ2) is 5.92. The Labute approximate surface area is 131 Å². The molecule has 1 N–H and O–H groups in total. The molecule has 2 aromatic carbocycles. The summed E-state index contributed by atoms with van der Waals surface area (Å²) in [6.07, 6.45) is 2.03. The van der Waals surface area contributed by atoms with Crippen molar-refractivity contribution in [3.63, 3.8) is 0 Å². The molecule has 0 fully saturated rings. The first-order chi connectivity index (χ1) is 10.2. The van der Waals surface area contributed by atoms with E-state index < -0.39 is 0 Å². The van der Waals surface area contributed by atoms with Gasteiger partial charge in [-0.1, -0.05) is 35.9 Å². The van der Waals surface area contributed by atoms with Crippen LogP contribution in [0.3, 0.4) is 0 Å². The van der Waals surface area contributed by atoms with Gasteiger partial charge in [0.1, 0.15) is 5.82 Å². The highest BCUT2D eigenvalue weighted by Crippen LogP contribution is 2.36. The van der Waals surface area contributed by atoms with Crippen molar-refractivity contribution in [3.05, 3.63) is 59.5 Å². The predicted octanol–water partition coefficient (Wildman–Crippen LogP) is 5.26. The molecular formula is C16H12ClFN2S. The van der Waals surface area contributed by atoms with Crippen molar-refractivity contribution in [1.29, 1.82) is 0 Å². The first-order valence-electron chi connectivity index (χ1n) is 6.33. The van der Waals surface area contributed by atoms with E-state index >= 15 is 0 Å². The number of nitrogens with zero attached hydrogens (tertiary/aromatic N) is 1. The van der Waals surface area contributed by atoms with Gasteiger partial charge < -0.3 is 0 Å². The Bertz CT molecular complexity index is 751. The molecule has 0 atom stereocenters. The van der Waals surface area contributed by atoms with Crippen LogP contribution < -0.4 is 0 Å². The number of H-pyrrole nitrogens is 1. The molecule has 0 saturated heterocycles. The van der Waals surface area contributed by atoms with E-state index in [0.29, 0.717) is 5.15 Å². The van der Waals surface area contributed by atoms with Gasteiger partial charge in [0.25, 0.3) is 0 Å². The van der Waals surface area contributed by atoms with Gasteiger partial charge in [-0.2, -0.15) is 5.10 Å². The lowest BCUT2D eigenvalue weighted by Gasteiger charge is -2.05. The summed E-state index contributed by atoms with van der Waals surface area (Å²) in [5.74, 6) is -0.274. The number of benzene rings is 2. The average Bonchev–Trinajstić information content (AvgIpc) is 2.90. The number of aromatic amines is 1. The van der Waals surface area contributed by atoms with Crippen molar-refractivity contribution in [2.24, 2.45) is 0 Å². The number of aromatic nitrogens is 2. The zero-order valence-corrected chi connectivity index (χ0v) is 12.8. The Morgan fingerprint density at radius 3 is 2.24 bits per heavy atom. The lowest BCUT2D eigenvalue weighted by Crippen LogP contribution is -1.84. The maximum atomic E-state index is 13.1. The van der Waals surface area contributed by atoms with Crippen LogP contribution in [0.15, 0.2) is 53.4 Å². The third kappa shape index (κ3) is 2.82. The van der Waals surface area contributed by atoms with Crippen LogP contribution in [0, 0.1) is 5.82 Å². The molecule has 3 aromatic rings. The molecule has 0 amide bonds. The Morgan fingerprint density at radius 1 is 1.00 bits per heavy atom. The van der Waals surface area contributed by atoms with Gasteiger partial charge in [0.05, 0.1) is 5.69 Å². The van der Waals surface area contributed by atoms with Crippen LogP contribution in [0.4, 0.5) is 4.39 Å². The van der Waals surface area contributed by atoms with Crippen molar-refractivity contribution < 1.29 is 4.39 Å². The minimum absolute atomic E-state index is 0.274. The number of thioether (sulfide) groups is 1. The summed E-state index contributed by atoms with van der Waals surface area (Å²) >= 11 is 7.87. The standard InChI is InChI=1S/C16H12ClFN2S/c1-21-13-8-4-11(5-9-13)15-14(16(17)20-19-15)10-2-6-12(18)7-3-10/h2-9H,1H3,(H,19,20). The third-order valence-corrected chi connectivity index (χ3v) is 4.25. The third-order valence-electron chi connectivity index (χ3n) is 3.23. The van der Waals surface area contributed by atoms with E-state index in [1.54, 1.807) is 23.9 Å². The Kier molecular flexibility index (Phi) is 3.99. The molecule has 0 aliphatic heterocycles. The largest absolute Gasteiger partial charge is 0.276 e. The molecule has 2 nitrogen and oxygen atoms in total. The molecule has 0 radical (unpaired) electrons. The molecular weight excluding hydrogens is 307 g/mol. The zero-order valence-electron chi connectivity index (χ0n) is 11.2. The molecule has 0 aliphatic carbocycles. The molecule has 0 saturated carbocycles. The fourth-order valence-corrected chi connectivity index (χ4v) is 2.82. The van der Waals surface area contributed by atoms with E-state index in [2.05, 4.69) is 10.2 Å². The van der Waals surface area contributed by atoms with Crippen molar-refractivity contribution in [2.75, 3.05) is 6.26 Å². The summed E-state index contributed by atoms with van der Waals surface area (Å²) in [5, 5.41) is 7.41. The average molecular weight is 319 g/mol. The number of rotatable bonds is 3. The number of hydrogen-bond donors (Lipinski definition) is 1. The monoisotopic (exact) mass is 318 g/mol. The maximum Gasteiger partial charge on any atom is 0.159 e. The number of halogens is 2. The molecule has 3 rings (SSSR count). The van der Waals surface area contributed by atoms with Crippen LogP contribution in [-0.4, -0.2) is 16.5 Å². The number of nitrogens with one attached hydrogen (secondary N) is 1. The van der Waals surface area contributed by atoms with E-state index in [1.807, 2.05) is 30.5 Å². The summed E-state index contributed by atoms with van der Waals surface area (Å²) in [6, 6.07) is 14.4. The van der Waals surface area contributed by atoms with E-state index in [-0.39, 0.29) is 5.82 Å². The first-order valence-corrected chi connectivity index (χ1v) is 7.93. The number of hydrogen-bond acceptors (Lipinski definition) is 2. The molecule has 21 heavy (non-hydrogen) atoms. The van der Waals surface area contributed by atoms with Crippen molar-refractivity contribution in [3.8, 4) is 22.4 Å². The normalized spacial score (nSPS) is 10.8. The van der Waals surface area contributed by atoms with E-state index in [4.69, 9.17) is 11.6 Å². The highest BCUT2D eigenvalue weighted by molar-refractivity contribution is 7.98. The topological polar surface area (TPSA) is 28.7 Å². The highest BCUT2D eigenvalue weighted by Gasteiger charge is 2.15. The van der Waals surface area contributed by atoms with Gasteiger partial charge in [0.15, 0.2) is 5.15 Å². The molecule has 0 aliphatic rings. The second-order valence-electron chi connectivity index (χ2n) is 4.50. The van der Waals surface area contributed by atoms with Gasteiger partial charge in [0, 0.05) is 16.0 Å². The summed E-state index contributed by atoms with van der Waals surface area (Å²) in [6.45, 7) is 0. The molecule has 0 spiro atoms. The van der Waals surface area contributed by atoms with Crippen LogP contribution >= 0.6 is 23.4 Å². The molecule has 5 heteroatoms. The van der Waals surface area contributed by atoms with Gasteiger partial charge in [0.2, 0.25) is 0 Å². The minimum Gasteiger partial charge on any atom is -0.276 e. The summed E-state index contributed by atoms with van der Waals surface area (Å²) in [7, 11) is 0. The summed E-state index contributed by atoms with van der Waals surface area (Å²) in [5.41, 5.74) is 3.44. The molecule has 0 unspecified atom stereocenters. The summed E-state index contributed by atoms with van der Waals surface area (Å²) < 4.78 is 13.1. The van der Waals surface area contributed by atoms with Gasteiger partial charge in [-0.05, 0) is 36.1 Å².